The molecule has 0 aromatic heterocycles. The lowest BCUT2D eigenvalue weighted by atomic mass is 10.1. The van der Waals surface area contributed by atoms with E-state index in [1.165, 1.54) is 12.8 Å². The molecule has 4 heteroatoms. The van der Waals surface area contributed by atoms with Crippen molar-refractivity contribution in [3.8, 4) is 5.75 Å². The standard InChI is InChI=1S/C16H26N2O2/c1-3-4-5-8-13(2)18-16(19)12-20-15-10-7-6-9-14(15)11-17/h6-7,9-10,13H,3-5,8,11-12,17H2,1-2H3,(H,18,19). The molecule has 1 amide bonds. The van der Waals surface area contributed by atoms with Gasteiger partial charge in [0, 0.05) is 18.2 Å². The number of rotatable bonds is 9. The van der Waals surface area contributed by atoms with Gasteiger partial charge in [0.1, 0.15) is 5.75 Å². The van der Waals surface area contributed by atoms with Crippen LogP contribution in [-0.4, -0.2) is 18.6 Å². The first-order valence-electron chi connectivity index (χ1n) is 7.37. The fraction of sp³-hybridized carbons (Fsp3) is 0.562. The molecule has 1 atom stereocenters. The Morgan fingerprint density at radius 3 is 2.80 bits per heavy atom. The van der Waals surface area contributed by atoms with Gasteiger partial charge >= 0.3 is 0 Å². The Hall–Kier alpha value is -1.55. The van der Waals surface area contributed by atoms with Crippen LogP contribution in [0.5, 0.6) is 5.75 Å². The van der Waals surface area contributed by atoms with Crippen molar-refractivity contribution in [3.63, 3.8) is 0 Å². The number of amides is 1. The number of ether oxygens (including phenoxy) is 1. The lowest BCUT2D eigenvalue weighted by Crippen LogP contribution is -2.36. The summed E-state index contributed by atoms with van der Waals surface area (Å²) in [5.74, 6) is 0.601. The molecule has 1 unspecified atom stereocenters. The van der Waals surface area contributed by atoms with E-state index in [1.54, 1.807) is 0 Å². The molecule has 0 saturated carbocycles. The van der Waals surface area contributed by atoms with E-state index in [0.717, 1.165) is 18.4 Å². The van der Waals surface area contributed by atoms with E-state index >= 15 is 0 Å². The number of carbonyl (C=O) groups is 1. The van der Waals surface area contributed by atoms with E-state index in [4.69, 9.17) is 10.5 Å². The highest BCUT2D eigenvalue weighted by atomic mass is 16.5. The fourth-order valence-corrected chi connectivity index (χ4v) is 2.05. The number of para-hydroxylation sites is 1. The molecular weight excluding hydrogens is 252 g/mol. The molecule has 0 fully saturated rings. The van der Waals surface area contributed by atoms with Gasteiger partial charge in [0.2, 0.25) is 0 Å². The van der Waals surface area contributed by atoms with Crippen LogP contribution in [0.3, 0.4) is 0 Å². The number of carbonyl (C=O) groups excluding carboxylic acids is 1. The third-order valence-electron chi connectivity index (χ3n) is 3.20. The van der Waals surface area contributed by atoms with Crippen LogP contribution in [0.25, 0.3) is 0 Å². The van der Waals surface area contributed by atoms with Crippen LogP contribution in [0.2, 0.25) is 0 Å². The quantitative estimate of drug-likeness (QED) is 0.682. The summed E-state index contributed by atoms with van der Waals surface area (Å²) in [6, 6.07) is 7.72. The molecule has 1 aromatic rings. The third kappa shape index (κ3) is 6.06. The Labute approximate surface area is 121 Å². The van der Waals surface area contributed by atoms with Crippen molar-refractivity contribution in [2.45, 2.75) is 52.1 Å². The first-order valence-corrected chi connectivity index (χ1v) is 7.37. The molecule has 1 rings (SSSR count). The van der Waals surface area contributed by atoms with Crippen molar-refractivity contribution in [3.05, 3.63) is 29.8 Å². The molecule has 0 spiro atoms. The van der Waals surface area contributed by atoms with Crippen LogP contribution in [0.1, 0.15) is 45.1 Å². The summed E-state index contributed by atoms with van der Waals surface area (Å²) in [4.78, 5) is 11.8. The molecule has 0 aliphatic carbocycles. The molecule has 112 valence electrons. The zero-order valence-electron chi connectivity index (χ0n) is 12.5. The average Bonchev–Trinajstić information content (AvgIpc) is 2.45. The van der Waals surface area contributed by atoms with E-state index in [0.29, 0.717) is 12.3 Å². The molecule has 3 N–H and O–H groups in total. The topological polar surface area (TPSA) is 64.3 Å². The van der Waals surface area contributed by atoms with Crippen LogP contribution in [-0.2, 0) is 11.3 Å². The number of nitrogens with one attached hydrogen (secondary N) is 1. The van der Waals surface area contributed by atoms with Crippen LogP contribution in [0.15, 0.2) is 24.3 Å². The second kappa shape index (κ2) is 9.37. The molecule has 0 heterocycles. The van der Waals surface area contributed by atoms with Gasteiger partial charge in [-0.05, 0) is 19.4 Å². The van der Waals surface area contributed by atoms with Crippen LogP contribution in [0.4, 0.5) is 0 Å². The zero-order chi connectivity index (χ0) is 14.8. The third-order valence-corrected chi connectivity index (χ3v) is 3.20. The summed E-state index contributed by atoms with van der Waals surface area (Å²) in [7, 11) is 0. The molecule has 4 nitrogen and oxygen atoms in total. The summed E-state index contributed by atoms with van der Waals surface area (Å²) >= 11 is 0. The predicted octanol–water partition coefficient (Wildman–Crippen LogP) is 2.61. The Morgan fingerprint density at radius 1 is 1.35 bits per heavy atom. The van der Waals surface area contributed by atoms with Gasteiger partial charge in [0.25, 0.3) is 5.91 Å². The molecule has 20 heavy (non-hydrogen) atoms. The summed E-state index contributed by atoms with van der Waals surface area (Å²) in [5.41, 5.74) is 6.54. The first kappa shape index (κ1) is 16.5. The first-order chi connectivity index (χ1) is 9.67. The smallest absolute Gasteiger partial charge is 0.258 e. The lowest BCUT2D eigenvalue weighted by molar-refractivity contribution is -0.123. The summed E-state index contributed by atoms with van der Waals surface area (Å²) in [5, 5.41) is 2.95. The molecule has 0 aliphatic rings. The van der Waals surface area contributed by atoms with Gasteiger partial charge < -0.3 is 15.8 Å². The fourth-order valence-electron chi connectivity index (χ4n) is 2.05. The minimum Gasteiger partial charge on any atom is -0.483 e. The minimum atomic E-state index is -0.0826. The second-order valence-corrected chi connectivity index (χ2v) is 5.06. The molecule has 1 aromatic carbocycles. The molecule has 0 radical (unpaired) electrons. The van der Waals surface area contributed by atoms with Crippen molar-refractivity contribution in [2.24, 2.45) is 5.73 Å². The van der Waals surface area contributed by atoms with Gasteiger partial charge in [-0.15, -0.1) is 0 Å². The van der Waals surface area contributed by atoms with E-state index in [2.05, 4.69) is 12.2 Å². The van der Waals surface area contributed by atoms with E-state index < -0.39 is 0 Å². The van der Waals surface area contributed by atoms with Gasteiger partial charge in [-0.3, -0.25) is 4.79 Å². The van der Waals surface area contributed by atoms with Crippen molar-refractivity contribution in [1.29, 1.82) is 0 Å². The van der Waals surface area contributed by atoms with E-state index in [9.17, 15) is 4.79 Å². The Bertz CT molecular complexity index is 407. The number of hydrogen-bond donors (Lipinski definition) is 2. The Kier molecular flexibility index (Phi) is 7.73. The van der Waals surface area contributed by atoms with Crippen LogP contribution >= 0.6 is 0 Å². The molecular formula is C16H26N2O2. The average molecular weight is 278 g/mol. The SMILES string of the molecule is CCCCCC(C)NC(=O)COc1ccccc1CN. The number of nitrogens with two attached hydrogens (primary N) is 1. The summed E-state index contributed by atoms with van der Waals surface area (Å²) < 4.78 is 5.52. The van der Waals surface area contributed by atoms with Gasteiger partial charge in [0.05, 0.1) is 0 Å². The van der Waals surface area contributed by atoms with Crippen molar-refractivity contribution >= 4 is 5.91 Å². The van der Waals surface area contributed by atoms with Gasteiger partial charge in [-0.2, -0.15) is 0 Å². The van der Waals surface area contributed by atoms with Crippen molar-refractivity contribution < 1.29 is 9.53 Å². The van der Waals surface area contributed by atoms with Crippen molar-refractivity contribution in [2.75, 3.05) is 6.61 Å². The Balaban J connectivity index is 2.32. The highest BCUT2D eigenvalue weighted by molar-refractivity contribution is 5.77. The normalized spacial score (nSPS) is 11.9. The molecule has 0 saturated heterocycles. The largest absolute Gasteiger partial charge is 0.483 e. The number of unbranched alkanes of at least 4 members (excludes halogenated alkanes) is 2. The predicted molar refractivity (Wildman–Crippen MR) is 81.6 cm³/mol. The maximum absolute atomic E-state index is 11.8. The van der Waals surface area contributed by atoms with Crippen molar-refractivity contribution in [1.82, 2.24) is 5.32 Å². The Morgan fingerprint density at radius 2 is 2.10 bits per heavy atom. The highest BCUT2D eigenvalue weighted by Crippen LogP contribution is 2.16. The lowest BCUT2D eigenvalue weighted by Gasteiger charge is -2.15. The monoisotopic (exact) mass is 278 g/mol. The summed E-state index contributed by atoms with van der Waals surface area (Å²) in [6.07, 6.45) is 4.56. The van der Waals surface area contributed by atoms with E-state index in [1.807, 2.05) is 31.2 Å². The maximum atomic E-state index is 11.8. The van der Waals surface area contributed by atoms with E-state index in [-0.39, 0.29) is 18.6 Å². The van der Waals surface area contributed by atoms with Gasteiger partial charge in [-0.1, -0.05) is 44.4 Å². The zero-order valence-corrected chi connectivity index (χ0v) is 12.5. The second-order valence-electron chi connectivity index (χ2n) is 5.06. The van der Waals surface area contributed by atoms with Gasteiger partial charge in [-0.25, -0.2) is 0 Å². The van der Waals surface area contributed by atoms with Crippen LogP contribution < -0.4 is 15.8 Å². The molecule has 0 aliphatic heterocycles. The number of hydrogen-bond acceptors (Lipinski definition) is 3. The van der Waals surface area contributed by atoms with Gasteiger partial charge in [0.15, 0.2) is 6.61 Å². The highest BCUT2D eigenvalue weighted by Gasteiger charge is 2.09. The minimum absolute atomic E-state index is 0.0368. The van der Waals surface area contributed by atoms with Crippen LogP contribution in [0, 0.1) is 0 Å². The molecule has 0 bridgehead atoms. The summed E-state index contributed by atoms with van der Waals surface area (Å²) in [6.45, 7) is 4.65. The number of benzene rings is 1. The maximum Gasteiger partial charge on any atom is 0.258 e.